The highest BCUT2D eigenvalue weighted by atomic mass is 33.2. The molecular weight excluding hydrogens is 286 g/mol. The molecule has 0 bridgehead atoms. The Hall–Kier alpha value is 0.480. The molecule has 15 heavy (non-hydrogen) atoms. The van der Waals surface area contributed by atoms with Gasteiger partial charge in [0.15, 0.2) is 0 Å². The van der Waals surface area contributed by atoms with Crippen LogP contribution in [0.1, 0.15) is 0 Å². The largest absolute Gasteiger partial charge is 0.319 e. The maximum atomic E-state index is 10.2. The van der Waals surface area contributed by atoms with Gasteiger partial charge in [-0.1, -0.05) is 0 Å². The van der Waals surface area contributed by atoms with Crippen molar-refractivity contribution in [2.45, 2.75) is 0 Å². The van der Waals surface area contributed by atoms with Gasteiger partial charge >= 0.3 is 18.3 Å². The summed E-state index contributed by atoms with van der Waals surface area (Å²) in [5.74, 6) is 0.324. The minimum absolute atomic E-state index is 0.162. The zero-order chi connectivity index (χ0) is 11.9. The van der Waals surface area contributed by atoms with Crippen molar-refractivity contribution in [1.82, 2.24) is 5.32 Å². The van der Waals surface area contributed by atoms with Crippen LogP contribution in [0.25, 0.3) is 0 Å². The quantitative estimate of drug-likeness (QED) is 0.313. The minimum atomic E-state index is -4.00. The van der Waals surface area contributed by atoms with Crippen LogP contribution in [0.3, 0.4) is 0 Å². The average Bonchev–Trinajstić information content (AvgIpc) is 1.98. The van der Waals surface area contributed by atoms with Crippen LogP contribution >= 0.6 is 21.6 Å². The first kappa shape index (κ1) is 15.5. The summed E-state index contributed by atoms with van der Waals surface area (Å²) in [6.07, 6.45) is 0. The molecule has 0 saturated carbocycles. The molecule has 0 rings (SSSR count). The monoisotopic (exact) mass is 297 g/mol. The zero-order valence-corrected chi connectivity index (χ0v) is 10.8. The van der Waals surface area contributed by atoms with Gasteiger partial charge in [0.1, 0.15) is 0 Å². The third-order valence-corrected chi connectivity index (χ3v) is 5.15. The molecule has 0 aromatic heterocycles. The van der Waals surface area contributed by atoms with Crippen molar-refractivity contribution in [2.75, 3.05) is 24.6 Å². The lowest BCUT2D eigenvalue weighted by Crippen LogP contribution is -2.21. The van der Waals surface area contributed by atoms with E-state index in [-0.39, 0.29) is 11.5 Å². The maximum Gasteiger partial charge on any atom is 0.319 e. The molecule has 0 aromatic carbocycles. The Kier molecular flexibility index (Phi) is 7.16. The van der Waals surface area contributed by atoms with E-state index in [0.29, 0.717) is 34.7 Å². The van der Waals surface area contributed by atoms with E-state index in [4.69, 9.17) is 9.11 Å². The van der Waals surface area contributed by atoms with Crippen LogP contribution in [0, 0.1) is 0 Å². The molecule has 0 fully saturated rings. The van der Waals surface area contributed by atoms with Gasteiger partial charge in [0.2, 0.25) is 0 Å². The minimum Gasteiger partial charge on any atom is -0.315 e. The summed E-state index contributed by atoms with van der Waals surface area (Å²) in [7, 11) is -7.23. The predicted molar refractivity (Wildman–Crippen MR) is 60.9 cm³/mol. The number of hydrogen-bond donors (Lipinski definition) is 3. The van der Waals surface area contributed by atoms with Gasteiger partial charge < -0.3 is 5.32 Å². The molecule has 0 aliphatic rings. The van der Waals surface area contributed by atoms with Gasteiger partial charge in [-0.2, -0.15) is 16.8 Å². The highest BCUT2D eigenvalue weighted by Gasteiger charge is 2.05. The van der Waals surface area contributed by atoms with Crippen molar-refractivity contribution in [3.8, 4) is 0 Å². The summed E-state index contributed by atoms with van der Waals surface area (Å²) in [6, 6.07) is 0. The van der Waals surface area contributed by atoms with Gasteiger partial charge in [0.05, 0.1) is 0 Å². The lowest BCUT2D eigenvalue weighted by Gasteiger charge is -2.01. The Bertz CT molecular complexity index is 325. The van der Waals surface area contributed by atoms with Gasteiger partial charge in [-0.05, 0) is 21.6 Å². The van der Waals surface area contributed by atoms with E-state index < -0.39 is 18.3 Å². The molecule has 92 valence electrons. The molecular formula is C4H11NO6S4. The smallest absolute Gasteiger partial charge is 0.315 e. The van der Waals surface area contributed by atoms with Gasteiger partial charge in [-0.3, -0.25) is 9.11 Å². The third kappa shape index (κ3) is 14.5. The Morgan fingerprint density at radius 3 is 1.47 bits per heavy atom. The van der Waals surface area contributed by atoms with Crippen LogP contribution < -0.4 is 5.32 Å². The van der Waals surface area contributed by atoms with E-state index in [9.17, 15) is 16.8 Å². The van der Waals surface area contributed by atoms with Crippen molar-refractivity contribution >= 4 is 39.9 Å². The van der Waals surface area contributed by atoms with E-state index in [0.717, 1.165) is 0 Å². The molecule has 0 aliphatic carbocycles. The van der Waals surface area contributed by atoms with E-state index in [1.165, 1.54) is 0 Å². The SMILES string of the molecule is O=S(=O)(O)SCCNCCSS(=O)(=O)O. The normalized spacial score (nSPS) is 12.9. The highest BCUT2D eigenvalue weighted by molar-refractivity contribution is 8.70. The Labute approximate surface area is 95.7 Å². The van der Waals surface area contributed by atoms with E-state index >= 15 is 0 Å². The molecule has 0 unspecified atom stereocenters. The first-order valence-corrected chi connectivity index (χ1v) is 9.53. The lowest BCUT2D eigenvalue weighted by molar-refractivity contribution is 0.501. The third-order valence-electron chi connectivity index (χ3n) is 1.02. The molecule has 0 atom stereocenters. The summed E-state index contributed by atoms with van der Waals surface area (Å²) in [4.78, 5) is 0. The van der Waals surface area contributed by atoms with Gasteiger partial charge in [0.25, 0.3) is 0 Å². The fraction of sp³-hybridized carbons (Fsp3) is 1.00. The molecule has 0 heterocycles. The number of nitrogens with one attached hydrogen (secondary N) is 1. The fourth-order valence-corrected chi connectivity index (χ4v) is 3.20. The molecule has 11 heteroatoms. The first-order valence-electron chi connectivity index (χ1n) is 3.65. The lowest BCUT2D eigenvalue weighted by atomic mass is 10.7. The Morgan fingerprint density at radius 1 is 0.867 bits per heavy atom. The molecule has 0 saturated heterocycles. The van der Waals surface area contributed by atoms with Crippen LogP contribution in [0.4, 0.5) is 0 Å². The van der Waals surface area contributed by atoms with E-state index in [2.05, 4.69) is 5.32 Å². The van der Waals surface area contributed by atoms with E-state index in [1.807, 2.05) is 0 Å². The number of rotatable bonds is 8. The summed E-state index contributed by atoms with van der Waals surface area (Å²) < 4.78 is 57.5. The van der Waals surface area contributed by atoms with Crippen molar-refractivity contribution in [3.05, 3.63) is 0 Å². The molecule has 0 aliphatic heterocycles. The van der Waals surface area contributed by atoms with Crippen molar-refractivity contribution in [3.63, 3.8) is 0 Å². The van der Waals surface area contributed by atoms with Crippen molar-refractivity contribution in [2.24, 2.45) is 0 Å². The number of hydrogen-bond acceptors (Lipinski definition) is 7. The molecule has 0 amide bonds. The Balaban J connectivity index is 3.34. The van der Waals surface area contributed by atoms with Crippen LogP contribution in [-0.4, -0.2) is 50.5 Å². The zero-order valence-electron chi connectivity index (χ0n) is 7.49. The molecule has 7 nitrogen and oxygen atoms in total. The van der Waals surface area contributed by atoms with E-state index in [1.54, 1.807) is 0 Å². The van der Waals surface area contributed by atoms with Gasteiger partial charge in [0, 0.05) is 24.6 Å². The molecule has 3 N–H and O–H groups in total. The first-order chi connectivity index (χ1) is 6.71. The van der Waals surface area contributed by atoms with Crippen LogP contribution in [-0.2, 0) is 18.3 Å². The molecule has 0 spiro atoms. The van der Waals surface area contributed by atoms with Gasteiger partial charge in [-0.15, -0.1) is 0 Å². The molecule has 0 radical (unpaired) electrons. The second-order valence-corrected chi connectivity index (χ2v) is 9.19. The summed E-state index contributed by atoms with van der Waals surface area (Å²) in [5.41, 5.74) is 0. The van der Waals surface area contributed by atoms with Crippen molar-refractivity contribution < 1.29 is 25.9 Å². The maximum absolute atomic E-state index is 10.2. The van der Waals surface area contributed by atoms with Gasteiger partial charge in [-0.25, -0.2) is 0 Å². The summed E-state index contributed by atoms with van der Waals surface area (Å²) in [6.45, 7) is 0.632. The standard InChI is InChI=1S/C4H11NO6S4/c6-14(7,8)12-3-1-5-2-4-13-15(9,10)11/h5H,1-4H2,(H,6,7,8)(H,9,10,11). The molecule has 0 aromatic rings. The van der Waals surface area contributed by atoms with Crippen LogP contribution in [0.2, 0.25) is 0 Å². The summed E-state index contributed by atoms with van der Waals surface area (Å²) in [5, 5.41) is 2.74. The van der Waals surface area contributed by atoms with Crippen molar-refractivity contribution in [1.29, 1.82) is 0 Å². The average molecular weight is 297 g/mol. The second-order valence-electron chi connectivity index (χ2n) is 2.25. The second kappa shape index (κ2) is 6.93. The summed E-state index contributed by atoms with van der Waals surface area (Å²) >= 11 is 0. The topological polar surface area (TPSA) is 121 Å². The van der Waals surface area contributed by atoms with Crippen LogP contribution in [0.5, 0.6) is 0 Å². The van der Waals surface area contributed by atoms with Crippen LogP contribution in [0.15, 0.2) is 0 Å². The predicted octanol–water partition coefficient (Wildman–Crippen LogP) is -0.352. The fourth-order valence-electron chi connectivity index (χ4n) is 0.563. The Morgan fingerprint density at radius 2 is 1.20 bits per heavy atom. The highest BCUT2D eigenvalue weighted by Crippen LogP contribution is 2.08.